The zero-order valence-electron chi connectivity index (χ0n) is 13.3. The first-order valence-electron chi connectivity index (χ1n) is 8.18. The van der Waals surface area contributed by atoms with Crippen LogP contribution in [-0.4, -0.2) is 16.5 Å². The van der Waals surface area contributed by atoms with Crippen LogP contribution in [0.3, 0.4) is 0 Å². The number of pyridine rings is 1. The van der Waals surface area contributed by atoms with Crippen molar-refractivity contribution in [1.82, 2.24) is 9.97 Å². The molecule has 4 rings (SSSR count). The zero-order valence-corrected chi connectivity index (χ0v) is 13.3. The molecule has 0 fully saturated rings. The first kappa shape index (κ1) is 14.7. The molecule has 0 saturated carbocycles. The first-order chi connectivity index (χ1) is 11.8. The van der Waals surface area contributed by atoms with Crippen molar-refractivity contribution in [3.63, 3.8) is 0 Å². The molecule has 4 N–H and O–H groups in total. The number of aromatic amines is 2. The number of nitrogens with one attached hydrogen (secondary N) is 2. The van der Waals surface area contributed by atoms with Crippen LogP contribution < -0.4 is 11.3 Å². The Labute approximate surface area is 139 Å². The van der Waals surface area contributed by atoms with E-state index in [2.05, 4.69) is 34.2 Å². The van der Waals surface area contributed by atoms with Gasteiger partial charge in [0.1, 0.15) is 0 Å². The van der Waals surface area contributed by atoms with Crippen LogP contribution in [0.25, 0.3) is 32.7 Å². The third kappa shape index (κ3) is 2.41. The summed E-state index contributed by atoms with van der Waals surface area (Å²) in [5.41, 5.74) is 9.10. The van der Waals surface area contributed by atoms with E-state index in [0.29, 0.717) is 6.54 Å². The summed E-state index contributed by atoms with van der Waals surface area (Å²) in [6.45, 7) is 0.663. The van der Waals surface area contributed by atoms with Crippen LogP contribution in [0.5, 0.6) is 0 Å². The van der Waals surface area contributed by atoms with Gasteiger partial charge >= 0.3 is 0 Å². The van der Waals surface area contributed by atoms with Gasteiger partial charge in [-0.15, -0.1) is 0 Å². The maximum absolute atomic E-state index is 12.4. The summed E-state index contributed by atoms with van der Waals surface area (Å²) >= 11 is 0. The van der Waals surface area contributed by atoms with Crippen molar-refractivity contribution in [2.24, 2.45) is 5.73 Å². The van der Waals surface area contributed by atoms with Gasteiger partial charge < -0.3 is 15.7 Å². The Morgan fingerprint density at radius 1 is 0.958 bits per heavy atom. The molecule has 0 radical (unpaired) electrons. The van der Waals surface area contributed by atoms with Crippen LogP contribution in [0.2, 0.25) is 0 Å². The van der Waals surface area contributed by atoms with Gasteiger partial charge in [0, 0.05) is 18.6 Å². The summed E-state index contributed by atoms with van der Waals surface area (Å²) in [5, 5.41) is 3.86. The average molecular weight is 317 g/mol. The van der Waals surface area contributed by atoms with E-state index >= 15 is 0 Å². The van der Waals surface area contributed by atoms with Crippen LogP contribution in [0, 0.1) is 0 Å². The maximum Gasteiger partial charge on any atom is 0.256 e. The third-order valence-electron chi connectivity index (χ3n) is 4.54. The fourth-order valence-corrected chi connectivity index (χ4v) is 3.37. The van der Waals surface area contributed by atoms with Gasteiger partial charge in [0.2, 0.25) is 0 Å². The molecule has 4 nitrogen and oxygen atoms in total. The quantitative estimate of drug-likeness (QED) is 0.503. The number of hydrogen-bond acceptors (Lipinski definition) is 2. The minimum atomic E-state index is -0.0471. The molecule has 2 aromatic carbocycles. The smallest absolute Gasteiger partial charge is 0.256 e. The van der Waals surface area contributed by atoms with Gasteiger partial charge in [-0.25, -0.2) is 0 Å². The maximum atomic E-state index is 12.4. The van der Waals surface area contributed by atoms with E-state index in [-0.39, 0.29) is 5.56 Å². The highest BCUT2D eigenvalue weighted by Gasteiger charge is 2.11. The molecule has 4 heteroatoms. The molecule has 24 heavy (non-hydrogen) atoms. The largest absolute Gasteiger partial charge is 0.367 e. The van der Waals surface area contributed by atoms with E-state index in [1.165, 1.54) is 5.56 Å². The second kappa shape index (κ2) is 5.98. The highest BCUT2D eigenvalue weighted by atomic mass is 16.1. The molecule has 2 heterocycles. The number of benzene rings is 2. The van der Waals surface area contributed by atoms with Crippen molar-refractivity contribution in [3.05, 3.63) is 70.9 Å². The lowest BCUT2D eigenvalue weighted by molar-refractivity contribution is 0.838. The Morgan fingerprint density at radius 3 is 2.67 bits per heavy atom. The van der Waals surface area contributed by atoms with Gasteiger partial charge in [-0.05, 0) is 70.4 Å². The SMILES string of the molecule is NCCCc1cc2cc[nH]c(=O)c2c2cc(-c3cc[nH]c3)ccc12. The molecule has 0 aliphatic rings. The summed E-state index contributed by atoms with van der Waals surface area (Å²) in [4.78, 5) is 18.3. The third-order valence-corrected chi connectivity index (χ3v) is 4.54. The molecule has 0 unspecified atom stereocenters. The number of nitrogens with two attached hydrogens (primary N) is 1. The van der Waals surface area contributed by atoms with Gasteiger partial charge in [0.15, 0.2) is 0 Å². The lowest BCUT2D eigenvalue weighted by Crippen LogP contribution is -2.06. The van der Waals surface area contributed by atoms with Crippen molar-refractivity contribution in [2.75, 3.05) is 6.54 Å². The molecular formula is C20H19N3O. The van der Waals surface area contributed by atoms with Crippen molar-refractivity contribution in [3.8, 4) is 11.1 Å². The van der Waals surface area contributed by atoms with Crippen LogP contribution >= 0.6 is 0 Å². The number of hydrogen-bond donors (Lipinski definition) is 3. The highest BCUT2D eigenvalue weighted by molar-refractivity contribution is 6.09. The van der Waals surface area contributed by atoms with Crippen molar-refractivity contribution in [2.45, 2.75) is 12.8 Å². The molecule has 120 valence electrons. The van der Waals surface area contributed by atoms with Crippen LogP contribution in [0.15, 0.2) is 59.8 Å². The van der Waals surface area contributed by atoms with E-state index in [9.17, 15) is 4.79 Å². The standard InChI is InChI=1S/C20H19N3O/c21-7-1-2-14-10-15-6-9-23-20(24)19(15)18-11-13(3-4-17(14)18)16-5-8-22-12-16/h3-6,8-12,22H,1-2,7,21H2,(H,23,24). The molecule has 0 bridgehead atoms. The number of fused-ring (bicyclic) bond motifs is 3. The van der Waals surface area contributed by atoms with Gasteiger partial charge in [-0.1, -0.05) is 18.2 Å². The predicted octanol–water partition coefficient (Wildman–Crippen LogP) is 3.57. The summed E-state index contributed by atoms with van der Waals surface area (Å²) in [6, 6.07) is 12.5. The second-order valence-corrected chi connectivity index (χ2v) is 6.06. The van der Waals surface area contributed by atoms with Crippen molar-refractivity contribution in [1.29, 1.82) is 0 Å². The molecular weight excluding hydrogens is 298 g/mol. The molecule has 0 atom stereocenters. The topological polar surface area (TPSA) is 74.7 Å². The Kier molecular flexibility index (Phi) is 3.67. The lowest BCUT2D eigenvalue weighted by atomic mass is 9.93. The summed E-state index contributed by atoms with van der Waals surface area (Å²) < 4.78 is 0. The minimum absolute atomic E-state index is 0.0471. The summed E-state index contributed by atoms with van der Waals surface area (Å²) in [6.07, 6.45) is 7.43. The van der Waals surface area contributed by atoms with E-state index in [1.54, 1.807) is 6.20 Å². The van der Waals surface area contributed by atoms with E-state index < -0.39 is 0 Å². The molecule has 4 aromatic rings. The summed E-state index contributed by atoms with van der Waals surface area (Å²) in [5.74, 6) is 0. The van der Waals surface area contributed by atoms with Crippen molar-refractivity contribution >= 4 is 21.5 Å². The predicted molar refractivity (Wildman–Crippen MR) is 99.2 cm³/mol. The molecule has 0 saturated heterocycles. The summed E-state index contributed by atoms with van der Waals surface area (Å²) in [7, 11) is 0. The van der Waals surface area contributed by atoms with E-state index in [1.807, 2.05) is 24.5 Å². The van der Waals surface area contributed by atoms with Gasteiger partial charge in [-0.2, -0.15) is 0 Å². The van der Waals surface area contributed by atoms with Crippen LogP contribution in [0.4, 0.5) is 0 Å². The van der Waals surface area contributed by atoms with Crippen LogP contribution in [-0.2, 0) is 6.42 Å². The monoisotopic (exact) mass is 317 g/mol. The van der Waals surface area contributed by atoms with Crippen molar-refractivity contribution < 1.29 is 0 Å². The van der Waals surface area contributed by atoms with Gasteiger partial charge in [0.25, 0.3) is 5.56 Å². The molecule has 0 aliphatic heterocycles. The number of aryl methyl sites for hydroxylation is 1. The van der Waals surface area contributed by atoms with E-state index in [4.69, 9.17) is 5.73 Å². The molecule has 2 aromatic heterocycles. The molecule has 0 amide bonds. The average Bonchev–Trinajstić information content (AvgIpc) is 3.13. The number of aromatic nitrogens is 2. The normalized spacial score (nSPS) is 11.4. The Hall–Kier alpha value is -2.85. The Balaban J connectivity index is 2.06. The minimum Gasteiger partial charge on any atom is -0.367 e. The fraction of sp³-hybridized carbons (Fsp3) is 0.150. The van der Waals surface area contributed by atoms with Gasteiger partial charge in [-0.3, -0.25) is 4.79 Å². The lowest BCUT2D eigenvalue weighted by Gasteiger charge is -2.11. The first-order valence-corrected chi connectivity index (χ1v) is 8.18. The van der Waals surface area contributed by atoms with Crippen LogP contribution in [0.1, 0.15) is 12.0 Å². The molecule has 0 aliphatic carbocycles. The molecule has 0 spiro atoms. The number of rotatable bonds is 4. The zero-order chi connectivity index (χ0) is 16.5. The highest BCUT2D eigenvalue weighted by Crippen LogP contribution is 2.31. The second-order valence-electron chi connectivity index (χ2n) is 6.06. The Morgan fingerprint density at radius 2 is 1.88 bits per heavy atom. The number of H-pyrrole nitrogens is 2. The van der Waals surface area contributed by atoms with Gasteiger partial charge in [0.05, 0.1) is 5.39 Å². The van der Waals surface area contributed by atoms with E-state index in [0.717, 1.165) is 45.5 Å². The fourth-order valence-electron chi connectivity index (χ4n) is 3.37. The Bertz CT molecular complexity index is 1060.